The number of urea groups is 1. The minimum Gasteiger partial charge on any atom is -0.371 e. The smallest absolute Gasteiger partial charge is 0.319 e. The Labute approximate surface area is 284 Å². The maximum atomic E-state index is 13.6. The molecule has 1 saturated carbocycles. The topological polar surface area (TPSA) is 91.3 Å². The molecule has 6 rings (SSSR count). The van der Waals surface area contributed by atoms with Gasteiger partial charge in [-0.15, -0.1) is 0 Å². The van der Waals surface area contributed by atoms with E-state index < -0.39 is 0 Å². The number of piperidine rings is 1. The molecule has 1 aromatic heterocycles. The Morgan fingerprint density at radius 3 is 2.11 bits per heavy atom. The first-order chi connectivity index (χ1) is 22.2. The number of hydrogen-bond donors (Lipinski definition) is 3. The normalized spacial score (nSPS) is 15.9. The van der Waals surface area contributed by atoms with Crippen molar-refractivity contribution in [2.24, 2.45) is 0 Å². The Hall–Kier alpha value is -3.72. The number of hydrogen-bond acceptors (Lipinski definition) is 4. The SMILES string of the molecule is Cc1c(C(=O)NC2CCN(c3ccc(NC(=O)NC4CCCCC4)cc3)CC2)nn(-c2ccc(Cl)cc2Cl)c1-c1ccc(Cl)cc1. The third kappa shape index (κ3) is 7.46. The number of nitrogens with one attached hydrogen (secondary N) is 3. The van der Waals surface area contributed by atoms with Crippen molar-refractivity contribution < 1.29 is 9.59 Å². The van der Waals surface area contributed by atoms with Gasteiger partial charge in [0.15, 0.2) is 5.69 Å². The van der Waals surface area contributed by atoms with E-state index in [1.54, 1.807) is 22.9 Å². The summed E-state index contributed by atoms with van der Waals surface area (Å²) in [5, 5.41) is 15.6. The van der Waals surface area contributed by atoms with Crippen molar-refractivity contribution >= 4 is 58.1 Å². The maximum Gasteiger partial charge on any atom is 0.319 e. The number of halogens is 3. The molecule has 46 heavy (non-hydrogen) atoms. The number of benzene rings is 3. The molecular weight excluding hydrogens is 643 g/mol. The van der Waals surface area contributed by atoms with Crippen LogP contribution in [0.1, 0.15) is 61.0 Å². The molecule has 240 valence electrons. The molecule has 11 heteroatoms. The van der Waals surface area contributed by atoms with E-state index >= 15 is 0 Å². The molecule has 1 aliphatic heterocycles. The molecule has 0 bridgehead atoms. The van der Waals surface area contributed by atoms with Gasteiger partial charge in [0.2, 0.25) is 0 Å². The van der Waals surface area contributed by atoms with Crippen LogP contribution < -0.4 is 20.9 Å². The van der Waals surface area contributed by atoms with Crippen LogP contribution in [0.2, 0.25) is 15.1 Å². The van der Waals surface area contributed by atoms with Crippen molar-refractivity contribution in [2.45, 2.75) is 64.0 Å². The van der Waals surface area contributed by atoms with Crippen LogP contribution in [-0.2, 0) is 0 Å². The van der Waals surface area contributed by atoms with E-state index in [0.29, 0.717) is 26.4 Å². The lowest BCUT2D eigenvalue weighted by Crippen LogP contribution is -2.45. The molecule has 0 spiro atoms. The Kier molecular flexibility index (Phi) is 10.1. The minimum absolute atomic E-state index is 0.0100. The monoisotopic (exact) mass is 678 g/mol. The third-order valence-electron chi connectivity index (χ3n) is 8.85. The minimum atomic E-state index is -0.225. The Morgan fingerprint density at radius 2 is 1.43 bits per heavy atom. The molecule has 8 nitrogen and oxygen atoms in total. The summed E-state index contributed by atoms with van der Waals surface area (Å²) in [6.45, 7) is 3.49. The van der Waals surface area contributed by atoms with Crippen molar-refractivity contribution in [2.75, 3.05) is 23.3 Å². The van der Waals surface area contributed by atoms with E-state index in [-0.39, 0.29) is 24.0 Å². The molecule has 0 radical (unpaired) electrons. The average molecular weight is 680 g/mol. The fourth-order valence-electron chi connectivity index (χ4n) is 6.38. The second kappa shape index (κ2) is 14.4. The van der Waals surface area contributed by atoms with Crippen molar-refractivity contribution in [3.05, 3.63) is 93.1 Å². The lowest BCUT2D eigenvalue weighted by molar-refractivity contribution is 0.0925. The Morgan fingerprint density at radius 1 is 0.783 bits per heavy atom. The van der Waals surface area contributed by atoms with Crippen molar-refractivity contribution in [1.29, 1.82) is 0 Å². The fourth-order valence-corrected chi connectivity index (χ4v) is 6.99. The summed E-state index contributed by atoms with van der Waals surface area (Å²) in [6, 6.07) is 20.7. The zero-order valence-corrected chi connectivity index (χ0v) is 27.9. The molecular formula is C35H37Cl3N6O2. The molecule has 2 fully saturated rings. The van der Waals surface area contributed by atoms with Crippen LogP contribution in [0.15, 0.2) is 66.7 Å². The summed E-state index contributed by atoms with van der Waals surface area (Å²) in [7, 11) is 0. The van der Waals surface area contributed by atoms with E-state index in [1.807, 2.05) is 55.5 Å². The molecule has 3 N–H and O–H groups in total. The van der Waals surface area contributed by atoms with Crippen LogP contribution in [0.25, 0.3) is 16.9 Å². The molecule has 1 aliphatic carbocycles. The standard InChI is InChI=1S/C35H37Cl3N6O2/c1-22-32(42-44(31-16-11-25(37)21-30(31)38)33(22)23-7-9-24(36)10-8-23)34(45)39-28-17-19-43(20-18-28)29-14-12-27(13-15-29)41-35(46)40-26-5-3-2-4-6-26/h7-16,21,26,28H,2-6,17-20H2,1H3,(H,39,45)(H2,40,41,46). The molecule has 4 aromatic rings. The van der Waals surface area contributed by atoms with E-state index in [2.05, 4.69) is 20.9 Å². The highest BCUT2D eigenvalue weighted by molar-refractivity contribution is 6.35. The first-order valence-electron chi connectivity index (χ1n) is 15.8. The van der Waals surface area contributed by atoms with Crippen LogP contribution in [-0.4, -0.2) is 46.9 Å². The summed E-state index contributed by atoms with van der Waals surface area (Å²) in [4.78, 5) is 28.4. The fraction of sp³-hybridized carbons (Fsp3) is 0.343. The zero-order chi connectivity index (χ0) is 32.2. The van der Waals surface area contributed by atoms with Gasteiger partial charge in [-0.2, -0.15) is 5.10 Å². The third-order valence-corrected chi connectivity index (χ3v) is 9.64. The highest BCUT2D eigenvalue weighted by Crippen LogP contribution is 2.33. The summed E-state index contributed by atoms with van der Waals surface area (Å²) in [6.07, 6.45) is 7.29. The van der Waals surface area contributed by atoms with E-state index in [0.717, 1.165) is 67.0 Å². The van der Waals surface area contributed by atoms with Gasteiger partial charge in [0.25, 0.3) is 5.91 Å². The number of rotatable bonds is 7. The largest absolute Gasteiger partial charge is 0.371 e. The highest BCUT2D eigenvalue weighted by atomic mass is 35.5. The van der Waals surface area contributed by atoms with Crippen molar-refractivity contribution in [3.8, 4) is 16.9 Å². The van der Waals surface area contributed by atoms with Crippen LogP contribution in [0, 0.1) is 6.92 Å². The van der Waals surface area contributed by atoms with Gasteiger partial charge in [-0.3, -0.25) is 4.79 Å². The molecule has 0 atom stereocenters. The van der Waals surface area contributed by atoms with Gasteiger partial charge in [0.05, 0.1) is 16.4 Å². The highest BCUT2D eigenvalue weighted by Gasteiger charge is 2.27. The molecule has 0 unspecified atom stereocenters. The average Bonchev–Trinajstić information content (AvgIpc) is 3.39. The van der Waals surface area contributed by atoms with Crippen LogP contribution in [0.5, 0.6) is 0 Å². The van der Waals surface area contributed by atoms with Crippen molar-refractivity contribution in [1.82, 2.24) is 20.4 Å². The first-order valence-corrected chi connectivity index (χ1v) is 16.9. The summed E-state index contributed by atoms with van der Waals surface area (Å²) in [5.41, 5.74) is 5.18. The molecule has 1 saturated heterocycles. The summed E-state index contributed by atoms with van der Waals surface area (Å²) >= 11 is 18.9. The van der Waals surface area contributed by atoms with Gasteiger partial charge in [-0.25, -0.2) is 9.48 Å². The lowest BCUT2D eigenvalue weighted by Gasteiger charge is -2.34. The second-order valence-corrected chi connectivity index (χ2v) is 13.3. The summed E-state index contributed by atoms with van der Waals surface area (Å²) in [5.74, 6) is -0.225. The van der Waals surface area contributed by atoms with E-state index in [1.165, 1.54) is 19.3 Å². The van der Waals surface area contributed by atoms with Crippen LogP contribution in [0.4, 0.5) is 16.2 Å². The molecule has 3 aromatic carbocycles. The van der Waals surface area contributed by atoms with Gasteiger partial charge < -0.3 is 20.9 Å². The van der Waals surface area contributed by atoms with Gasteiger partial charge in [-0.05, 0) is 87.2 Å². The van der Waals surface area contributed by atoms with Crippen LogP contribution >= 0.6 is 34.8 Å². The zero-order valence-electron chi connectivity index (χ0n) is 25.7. The molecule has 3 amide bonds. The van der Waals surface area contributed by atoms with Crippen LogP contribution in [0.3, 0.4) is 0 Å². The number of carbonyl (C=O) groups is 2. The van der Waals surface area contributed by atoms with Gasteiger partial charge >= 0.3 is 6.03 Å². The first kappa shape index (κ1) is 32.2. The Bertz CT molecular complexity index is 1690. The lowest BCUT2D eigenvalue weighted by atomic mass is 9.96. The molecule has 2 aliphatic rings. The number of nitrogens with zero attached hydrogens (tertiary/aromatic N) is 3. The van der Waals surface area contributed by atoms with Gasteiger partial charge in [-0.1, -0.05) is 66.2 Å². The van der Waals surface area contributed by atoms with Gasteiger partial charge in [0.1, 0.15) is 0 Å². The number of amides is 3. The molecule has 2 heterocycles. The predicted octanol–water partition coefficient (Wildman–Crippen LogP) is 8.66. The number of anilines is 2. The van der Waals surface area contributed by atoms with E-state index in [4.69, 9.17) is 39.9 Å². The Balaban J connectivity index is 1.09. The van der Waals surface area contributed by atoms with Crippen molar-refractivity contribution in [3.63, 3.8) is 0 Å². The summed E-state index contributed by atoms with van der Waals surface area (Å²) < 4.78 is 1.70. The maximum absolute atomic E-state index is 13.6. The van der Waals surface area contributed by atoms with E-state index in [9.17, 15) is 9.59 Å². The second-order valence-electron chi connectivity index (χ2n) is 12.1. The predicted molar refractivity (Wildman–Crippen MR) is 187 cm³/mol. The number of aromatic nitrogens is 2. The quantitative estimate of drug-likeness (QED) is 0.182. The van der Waals surface area contributed by atoms with Gasteiger partial charge in [0, 0.05) is 57.7 Å². The number of carbonyl (C=O) groups excluding carboxylic acids is 2.